The lowest BCUT2D eigenvalue weighted by Gasteiger charge is -2.16. The first-order valence-corrected chi connectivity index (χ1v) is 8.42. The summed E-state index contributed by atoms with van der Waals surface area (Å²) in [7, 11) is -3.45. The summed E-state index contributed by atoms with van der Waals surface area (Å²) in [6.45, 7) is 0.900. The summed E-state index contributed by atoms with van der Waals surface area (Å²) in [6.07, 6.45) is 0.720. The zero-order valence-corrected chi connectivity index (χ0v) is 12.5. The second-order valence-corrected chi connectivity index (χ2v) is 7.24. The summed E-state index contributed by atoms with van der Waals surface area (Å²) in [6, 6.07) is 16.8. The van der Waals surface area contributed by atoms with Crippen molar-refractivity contribution in [3.63, 3.8) is 0 Å². The number of hydrogen-bond donors (Lipinski definition) is 1. The van der Waals surface area contributed by atoms with Crippen molar-refractivity contribution in [3.05, 3.63) is 54.6 Å². The summed E-state index contributed by atoms with van der Waals surface area (Å²) in [4.78, 5) is 0.331. The van der Waals surface area contributed by atoms with E-state index in [2.05, 4.69) is 0 Å². The van der Waals surface area contributed by atoms with Gasteiger partial charge in [0.25, 0.3) is 0 Å². The zero-order valence-electron chi connectivity index (χ0n) is 11.6. The Balaban J connectivity index is 1.96. The van der Waals surface area contributed by atoms with Crippen LogP contribution in [-0.4, -0.2) is 31.9 Å². The highest BCUT2D eigenvalue weighted by Crippen LogP contribution is 2.25. The highest BCUT2D eigenvalue weighted by Gasteiger charge is 2.30. The number of benzene rings is 2. The van der Waals surface area contributed by atoms with Crippen LogP contribution in [0.3, 0.4) is 0 Å². The first kappa shape index (κ1) is 14.3. The molecule has 0 amide bonds. The molecule has 0 saturated carbocycles. The molecule has 0 aliphatic carbocycles. The van der Waals surface area contributed by atoms with E-state index in [1.54, 1.807) is 18.2 Å². The molecule has 0 spiro atoms. The maximum atomic E-state index is 12.6. The second kappa shape index (κ2) is 5.60. The Morgan fingerprint density at radius 2 is 1.71 bits per heavy atom. The van der Waals surface area contributed by atoms with Crippen LogP contribution in [0.2, 0.25) is 0 Å². The van der Waals surface area contributed by atoms with Crippen LogP contribution in [0, 0.1) is 0 Å². The van der Waals surface area contributed by atoms with Crippen LogP contribution >= 0.6 is 0 Å². The molecular weight excluding hydrogens is 284 g/mol. The van der Waals surface area contributed by atoms with Crippen LogP contribution in [0.25, 0.3) is 11.1 Å². The summed E-state index contributed by atoms with van der Waals surface area (Å²) >= 11 is 0. The molecule has 21 heavy (non-hydrogen) atoms. The fourth-order valence-corrected chi connectivity index (χ4v) is 4.15. The summed E-state index contributed by atoms with van der Waals surface area (Å²) in [5.74, 6) is 0. The van der Waals surface area contributed by atoms with E-state index in [1.165, 1.54) is 4.31 Å². The third-order valence-corrected chi connectivity index (χ3v) is 5.63. The Labute approximate surface area is 125 Å². The quantitative estimate of drug-likeness (QED) is 0.944. The maximum absolute atomic E-state index is 12.6. The first-order chi connectivity index (χ1) is 10.1. The zero-order chi connectivity index (χ0) is 14.9. The van der Waals surface area contributed by atoms with Gasteiger partial charge in [0.05, 0.1) is 4.90 Å². The molecular formula is C16H18N2O2S. The lowest BCUT2D eigenvalue weighted by molar-refractivity contribution is 0.472. The van der Waals surface area contributed by atoms with Crippen molar-refractivity contribution in [1.29, 1.82) is 0 Å². The topological polar surface area (TPSA) is 63.4 Å². The molecule has 110 valence electrons. The van der Waals surface area contributed by atoms with Crippen molar-refractivity contribution in [3.8, 4) is 11.1 Å². The number of rotatable bonds is 3. The maximum Gasteiger partial charge on any atom is 0.243 e. The van der Waals surface area contributed by atoms with E-state index >= 15 is 0 Å². The molecule has 1 aliphatic rings. The molecule has 2 N–H and O–H groups in total. The van der Waals surface area contributed by atoms with Crippen LogP contribution < -0.4 is 5.73 Å². The molecule has 1 atom stereocenters. The predicted molar refractivity (Wildman–Crippen MR) is 83.2 cm³/mol. The molecule has 2 aromatic rings. The third kappa shape index (κ3) is 2.85. The van der Waals surface area contributed by atoms with Gasteiger partial charge in [0.15, 0.2) is 0 Å². The van der Waals surface area contributed by atoms with Gasteiger partial charge in [0, 0.05) is 19.1 Å². The van der Waals surface area contributed by atoms with Crippen LogP contribution in [0.1, 0.15) is 6.42 Å². The van der Waals surface area contributed by atoms with Gasteiger partial charge in [-0.3, -0.25) is 0 Å². The van der Waals surface area contributed by atoms with E-state index in [4.69, 9.17) is 5.73 Å². The van der Waals surface area contributed by atoms with Gasteiger partial charge in [-0.05, 0) is 29.7 Å². The van der Waals surface area contributed by atoms with Crippen molar-refractivity contribution in [2.24, 2.45) is 5.73 Å². The Morgan fingerprint density at radius 1 is 1.00 bits per heavy atom. The van der Waals surface area contributed by atoms with Crippen molar-refractivity contribution in [2.45, 2.75) is 17.4 Å². The van der Waals surface area contributed by atoms with Gasteiger partial charge in [-0.25, -0.2) is 8.42 Å². The fourth-order valence-electron chi connectivity index (χ4n) is 2.59. The number of hydrogen-bond acceptors (Lipinski definition) is 3. The highest BCUT2D eigenvalue weighted by molar-refractivity contribution is 7.89. The Kier molecular flexibility index (Phi) is 3.80. The van der Waals surface area contributed by atoms with Crippen molar-refractivity contribution in [1.82, 2.24) is 4.31 Å². The number of sulfonamides is 1. The third-order valence-electron chi connectivity index (χ3n) is 3.77. The average Bonchev–Trinajstić information content (AvgIpc) is 2.96. The van der Waals surface area contributed by atoms with Crippen LogP contribution in [0.4, 0.5) is 0 Å². The molecule has 2 aromatic carbocycles. The standard InChI is InChI=1S/C16H18N2O2S/c17-15-9-10-18(12-15)21(19,20)16-8-4-7-14(11-16)13-5-2-1-3-6-13/h1-8,11,15H,9-10,12,17H2/t15-/m0/s1. The SMILES string of the molecule is N[C@H]1CCN(S(=O)(=O)c2cccc(-c3ccccc3)c2)C1. The van der Waals surface area contributed by atoms with Gasteiger partial charge in [-0.2, -0.15) is 4.31 Å². The molecule has 1 fully saturated rings. The van der Waals surface area contributed by atoms with E-state index in [-0.39, 0.29) is 6.04 Å². The smallest absolute Gasteiger partial charge is 0.243 e. The molecule has 1 saturated heterocycles. The molecule has 0 bridgehead atoms. The van der Waals surface area contributed by atoms with E-state index in [9.17, 15) is 8.42 Å². The molecule has 0 unspecified atom stereocenters. The minimum Gasteiger partial charge on any atom is -0.326 e. The van der Waals surface area contributed by atoms with E-state index < -0.39 is 10.0 Å². The van der Waals surface area contributed by atoms with Crippen molar-refractivity contribution >= 4 is 10.0 Å². The minimum atomic E-state index is -3.45. The van der Waals surface area contributed by atoms with Crippen LogP contribution in [0.5, 0.6) is 0 Å². The Hall–Kier alpha value is -1.69. The summed E-state index contributed by atoms with van der Waals surface area (Å²) < 4.78 is 26.7. The van der Waals surface area contributed by atoms with Crippen molar-refractivity contribution < 1.29 is 8.42 Å². The Morgan fingerprint density at radius 3 is 2.38 bits per heavy atom. The molecule has 1 aliphatic heterocycles. The molecule has 3 rings (SSSR count). The second-order valence-electron chi connectivity index (χ2n) is 5.31. The molecule has 4 nitrogen and oxygen atoms in total. The van der Waals surface area contributed by atoms with Gasteiger partial charge < -0.3 is 5.73 Å². The van der Waals surface area contributed by atoms with E-state index in [0.29, 0.717) is 18.0 Å². The van der Waals surface area contributed by atoms with Gasteiger partial charge in [-0.1, -0.05) is 42.5 Å². The molecule has 0 aromatic heterocycles. The lowest BCUT2D eigenvalue weighted by Crippen LogP contribution is -2.31. The average molecular weight is 302 g/mol. The molecule has 0 radical (unpaired) electrons. The van der Waals surface area contributed by atoms with Gasteiger partial charge in [0.2, 0.25) is 10.0 Å². The number of nitrogens with zero attached hydrogens (tertiary/aromatic N) is 1. The summed E-state index contributed by atoms with van der Waals surface area (Å²) in [5.41, 5.74) is 7.72. The minimum absolute atomic E-state index is 0.0583. The van der Waals surface area contributed by atoms with Crippen molar-refractivity contribution in [2.75, 3.05) is 13.1 Å². The predicted octanol–water partition coefficient (Wildman–Crippen LogP) is 2.08. The van der Waals surface area contributed by atoms with Crippen LogP contribution in [0.15, 0.2) is 59.5 Å². The largest absolute Gasteiger partial charge is 0.326 e. The van der Waals surface area contributed by atoms with Gasteiger partial charge in [-0.15, -0.1) is 0 Å². The first-order valence-electron chi connectivity index (χ1n) is 6.98. The monoisotopic (exact) mass is 302 g/mol. The highest BCUT2D eigenvalue weighted by atomic mass is 32.2. The Bertz CT molecular complexity index is 729. The molecule has 5 heteroatoms. The van der Waals surface area contributed by atoms with Gasteiger partial charge >= 0.3 is 0 Å². The lowest BCUT2D eigenvalue weighted by atomic mass is 10.1. The molecule has 1 heterocycles. The van der Waals surface area contributed by atoms with E-state index in [0.717, 1.165) is 17.5 Å². The number of nitrogens with two attached hydrogens (primary N) is 1. The van der Waals surface area contributed by atoms with Crippen LogP contribution in [-0.2, 0) is 10.0 Å². The van der Waals surface area contributed by atoms with Gasteiger partial charge in [0.1, 0.15) is 0 Å². The fraction of sp³-hybridized carbons (Fsp3) is 0.250. The van der Waals surface area contributed by atoms with E-state index in [1.807, 2.05) is 36.4 Å². The summed E-state index contributed by atoms with van der Waals surface area (Å²) in [5, 5.41) is 0. The normalized spacial score (nSPS) is 19.8.